The summed E-state index contributed by atoms with van der Waals surface area (Å²) in [6, 6.07) is 17.0. The van der Waals surface area contributed by atoms with Crippen molar-refractivity contribution in [1.82, 2.24) is 5.16 Å². The second kappa shape index (κ2) is 9.48. The SMILES string of the molecule is CCC(C)(Oc1ccc(OCCCc2cc(-c3ccccc3C)no2)cc1)C(=O)O. The van der Waals surface area contributed by atoms with Gasteiger partial charge < -0.3 is 19.1 Å². The van der Waals surface area contributed by atoms with Gasteiger partial charge in [0.2, 0.25) is 5.60 Å². The standard InChI is InChI=1S/C24H27NO5/c1-4-24(3,23(26)27)29-19-13-11-18(12-14-19)28-15-7-9-20-16-22(25-30-20)21-10-6-5-8-17(21)2/h5-6,8,10-14,16H,4,7,9,15H2,1-3H3,(H,26,27). The fourth-order valence-electron chi connectivity index (χ4n) is 2.99. The zero-order valence-electron chi connectivity index (χ0n) is 17.6. The Morgan fingerprint density at radius 2 is 1.83 bits per heavy atom. The second-order valence-electron chi connectivity index (χ2n) is 7.41. The molecule has 0 saturated carbocycles. The molecule has 1 aromatic heterocycles. The zero-order chi connectivity index (χ0) is 21.6. The van der Waals surface area contributed by atoms with Crippen LogP contribution in [0.3, 0.4) is 0 Å². The first kappa shape index (κ1) is 21.4. The van der Waals surface area contributed by atoms with Crippen molar-refractivity contribution in [1.29, 1.82) is 0 Å². The molecule has 6 nitrogen and oxygen atoms in total. The lowest BCUT2D eigenvalue weighted by Gasteiger charge is -2.24. The van der Waals surface area contributed by atoms with Gasteiger partial charge in [0.05, 0.1) is 6.61 Å². The third-order valence-corrected chi connectivity index (χ3v) is 5.11. The number of aryl methyl sites for hydroxylation is 2. The molecule has 3 aromatic rings. The number of hydrogen-bond acceptors (Lipinski definition) is 5. The van der Waals surface area contributed by atoms with Gasteiger partial charge in [-0.3, -0.25) is 0 Å². The van der Waals surface area contributed by atoms with E-state index in [1.807, 2.05) is 24.3 Å². The molecule has 0 aliphatic rings. The van der Waals surface area contributed by atoms with Gasteiger partial charge in [-0.25, -0.2) is 4.79 Å². The highest BCUT2D eigenvalue weighted by Crippen LogP contribution is 2.25. The number of aliphatic carboxylic acids is 1. The van der Waals surface area contributed by atoms with Crippen LogP contribution in [0, 0.1) is 6.92 Å². The maximum atomic E-state index is 11.4. The molecular formula is C24H27NO5. The average Bonchev–Trinajstić information content (AvgIpc) is 3.21. The number of hydrogen-bond donors (Lipinski definition) is 1. The molecule has 1 unspecified atom stereocenters. The molecule has 2 aromatic carbocycles. The number of carboxylic acids is 1. The minimum Gasteiger partial charge on any atom is -0.494 e. The van der Waals surface area contributed by atoms with Gasteiger partial charge in [-0.1, -0.05) is 36.3 Å². The van der Waals surface area contributed by atoms with Crippen LogP contribution in [0.25, 0.3) is 11.3 Å². The molecule has 0 amide bonds. The number of rotatable bonds is 10. The first-order valence-corrected chi connectivity index (χ1v) is 10.1. The van der Waals surface area contributed by atoms with Crippen LogP contribution in [-0.4, -0.2) is 28.4 Å². The first-order chi connectivity index (χ1) is 14.4. The smallest absolute Gasteiger partial charge is 0.347 e. The largest absolute Gasteiger partial charge is 0.494 e. The highest BCUT2D eigenvalue weighted by Gasteiger charge is 2.33. The van der Waals surface area contributed by atoms with E-state index in [1.54, 1.807) is 38.1 Å². The van der Waals surface area contributed by atoms with E-state index < -0.39 is 11.6 Å². The van der Waals surface area contributed by atoms with E-state index in [-0.39, 0.29) is 0 Å². The maximum Gasteiger partial charge on any atom is 0.347 e. The first-order valence-electron chi connectivity index (χ1n) is 10.1. The number of benzene rings is 2. The lowest BCUT2D eigenvalue weighted by molar-refractivity contribution is -0.154. The molecule has 0 spiro atoms. The van der Waals surface area contributed by atoms with Crippen LogP contribution in [0.4, 0.5) is 0 Å². The quantitative estimate of drug-likeness (QED) is 0.458. The molecule has 3 rings (SSSR count). The van der Waals surface area contributed by atoms with Crippen LogP contribution >= 0.6 is 0 Å². The van der Waals surface area contributed by atoms with Gasteiger partial charge in [0.15, 0.2) is 0 Å². The van der Waals surface area contributed by atoms with E-state index >= 15 is 0 Å². The minimum absolute atomic E-state index is 0.369. The highest BCUT2D eigenvalue weighted by molar-refractivity contribution is 5.77. The molecule has 0 saturated heterocycles. The van der Waals surface area contributed by atoms with E-state index in [0.29, 0.717) is 24.5 Å². The van der Waals surface area contributed by atoms with E-state index in [2.05, 4.69) is 18.1 Å². The van der Waals surface area contributed by atoms with Crippen molar-refractivity contribution in [3.63, 3.8) is 0 Å². The lowest BCUT2D eigenvalue weighted by atomic mass is 10.0. The van der Waals surface area contributed by atoms with Crippen molar-refractivity contribution in [3.05, 3.63) is 65.9 Å². The van der Waals surface area contributed by atoms with Crippen LogP contribution < -0.4 is 9.47 Å². The maximum absolute atomic E-state index is 11.4. The molecule has 1 atom stereocenters. The van der Waals surface area contributed by atoms with E-state index in [9.17, 15) is 9.90 Å². The van der Waals surface area contributed by atoms with Crippen LogP contribution in [0.2, 0.25) is 0 Å². The summed E-state index contributed by atoms with van der Waals surface area (Å²) >= 11 is 0. The molecule has 1 N–H and O–H groups in total. The summed E-state index contributed by atoms with van der Waals surface area (Å²) in [5.41, 5.74) is 1.85. The van der Waals surface area contributed by atoms with E-state index in [1.165, 1.54) is 0 Å². The van der Waals surface area contributed by atoms with Crippen LogP contribution in [0.1, 0.15) is 38.0 Å². The van der Waals surface area contributed by atoms with Gasteiger partial charge >= 0.3 is 5.97 Å². The van der Waals surface area contributed by atoms with Gasteiger partial charge in [0, 0.05) is 18.1 Å². The van der Waals surface area contributed by atoms with Gasteiger partial charge in [0.1, 0.15) is 23.0 Å². The predicted molar refractivity (Wildman–Crippen MR) is 114 cm³/mol. The highest BCUT2D eigenvalue weighted by atomic mass is 16.5. The van der Waals surface area contributed by atoms with Crippen LogP contribution in [0.5, 0.6) is 11.5 Å². The number of nitrogens with zero attached hydrogens (tertiary/aromatic N) is 1. The summed E-state index contributed by atoms with van der Waals surface area (Å²) in [5.74, 6) is 1.05. The Morgan fingerprint density at radius 3 is 2.50 bits per heavy atom. The molecule has 1 heterocycles. The van der Waals surface area contributed by atoms with Gasteiger partial charge in [-0.2, -0.15) is 0 Å². The molecule has 0 radical (unpaired) electrons. The fourth-order valence-corrected chi connectivity index (χ4v) is 2.99. The average molecular weight is 409 g/mol. The molecule has 0 aliphatic heterocycles. The van der Waals surface area contributed by atoms with Crippen LogP contribution in [0.15, 0.2) is 59.1 Å². The monoisotopic (exact) mass is 409 g/mol. The topological polar surface area (TPSA) is 81.8 Å². The summed E-state index contributed by atoms with van der Waals surface area (Å²) in [6.07, 6.45) is 1.88. The molecular weight excluding hydrogens is 382 g/mol. The fraction of sp³-hybridized carbons (Fsp3) is 0.333. The Bertz CT molecular complexity index is 979. The summed E-state index contributed by atoms with van der Waals surface area (Å²) < 4.78 is 16.8. The van der Waals surface area contributed by atoms with Crippen molar-refractivity contribution < 1.29 is 23.9 Å². The Morgan fingerprint density at radius 1 is 1.13 bits per heavy atom. The zero-order valence-corrected chi connectivity index (χ0v) is 17.6. The molecule has 0 fully saturated rings. The van der Waals surface area contributed by atoms with Crippen molar-refractivity contribution in [2.24, 2.45) is 0 Å². The summed E-state index contributed by atoms with van der Waals surface area (Å²) in [6.45, 7) is 5.93. The predicted octanol–water partition coefficient (Wildman–Crippen LogP) is 5.29. The van der Waals surface area contributed by atoms with Crippen molar-refractivity contribution >= 4 is 5.97 Å². The summed E-state index contributed by atoms with van der Waals surface area (Å²) in [5, 5.41) is 13.5. The summed E-state index contributed by atoms with van der Waals surface area (Å²) in [7, 11) is 0. The number of aromatic nitrogens is 1. The Balaban J connectivity index is 1.47. The van der Waals surface area contributed by atoms with E-state index in [0.717, 1.165) is 35.4 Å². The third kappa shape index (κ3) is 5.20. The van der Waals surface area contributed by atoms with Crippen LogP contribution in [-0.2, 0) is 11.2 Å². The Labute approximate surface area is 176 Å². The third-order valence-electron chi connectivity index (χ3n) is 5.11. The van der Waals surface area contributed by atoms with Crippen molar-refractivity contribution in [2.45, 2.75) is 45.6 Å². The minimum atomic E-state index is -1.24. The Hall–Kier alpha value is -3.28. The molecule has 6 heteroatoms. The molecule has 0 aliphatic carbocycles. The summed E-state index contributed by atoms with van der Waals surface area (Å²) in [4.78, 5) is 11.4. The second-order valence-corrected chi connectivity index (χ2v) is 7.41. The Kier molecular flexibility index (Phi) is 6.77. The number of ether oxygens (including phenoxy) is 2. The van der Waals surface area contributed by atoms with Crippen molar-refractivity contribution in [2.75, 3.05) is 6.61 Å². The van der Waals surface area contributed by atoms with Crippen molar-refractivity contribution in [3.8, 4) is 22.8 Å². The lowest BCUT2D eigenvalue weighted by Crippen LogP contribution is -2.40. The number of carbonyl (C=O) groups is 1. The van der Waals surface area contributed by atoms with Gasteiger partial charge in [-0.15, -0.1) is 0 Å². The van der Waals surface area contributed by atoms with E-state index in [4.69, 9.17) is 14.0 Å². The number of carboxylic acid groups (broad SMARTS) is 1. The van der Waals surface area contributed by atoms with Gasteiger partial charge in [-0.05, 0) is 56.5 Å². The molecule has 158 valence electrons. The normalized spacial score (nSPS) is 12.9. The molecule has 0 bridgehead atoms. The molecule has 30 heavy (non-hydrogen) atoms. The van der Waals surface area contributed by atoms with Gasteiger partial charge in [0.25, 0.3) is 0 Å².